The van der Waals surface area contributed by atoms with Crippen molar-refractivity contribution < 1.29 is 5.11 Å². The van der Waals surface area contributed by atoms with E-state index in [1.54, 1.807) is 0 Å². The Hall–Kier alpha value is -0.0800. The Kier molecular flexibility index (Phi) is 4.90. The molecule has 0 saturated heterocycles. The molecule has 1 fully saturated rings. The van der Waals surface area contributed by atoms with Crippen LogP contribution in [0.2, 0.25) is 0 Å². The van der Waals surface area contributed by atoms with E-state index in [2.05, 4.69) is 25.7 Å². The van der Waals surface area contributed by atoms with Crippen LogP contribution in [0.25, 0.3) is 0 Å². The molecule has 2 nitrogen and oxygen atoms in total. The van der Waals surface area contributed by atoms with Crippen molar-refractivity contribution in [3.63, 3.8) is 0 Å². The Morgan fingerprint density at radius 1 is 1.36 bits per heavy atom. The van der Waals surface area contributed by atoms with Gasteiger partial charge in [0, 0.05) is 12.6 Å². The Balaban J connectivity index is 2.37. The third kappa shape index (κ3) is 3.25. The number of hydrogen-bond donors (Lipinski definition) is 1. The molecular weight excluding hydrogens is 174 g/mol. The Labute approximate surface area is 88.3 Å². The quantitative estimate of drug-likeness (QED) is 0.734. The van der Waals surface area contributed by atoms with E-state index in [0.29, 0.717) is 6.04 Å². The van der Waals surface area contributed by atoms with E-state index in [1.165, 1.54) is 19.4 Å². The number of aliphatic hydroxyl groups is 1. The molecule has 0 aromatic heterocycles. The molecule has 1 saturated carbocycles. The maximum Gasteiger partial charge on any atom is 0.0555 e. The highest BCUT2D eigenvalue weighted by atomic mass is 16.3. The van der Waals surface area contributed by atoms with Crippen molar-refractivity contribution in [1.29, 1.82) is 0 Å². The van der Waals surface area contributed by atoms with Crippen molar-refractivity contribution >= 4 is 0 Å². The molecule has 0 amide bonds. The van der Waals surface area contributed by atoms with Crippen LogP contribution in [0.15, 0.2) is 0 Å². The van der Waals surface area contributed by atoms with Crippen LogP contribution in [0.1, 0.15) is 46.5 Å². The van der Waals surface area contributed by atoms with Gasteiger partial charge in [-0.25, -0.2) is 0 Å². The first kappa shape index (κ1) is 12.0. The summed E-state index contributed by atoms with van der Waals surface area (Å²) in [7, 11) is 0. The molecule has 1 aliphatic rings. The molecule has 3 atom stereocenters. The van der Waals surface area contributed by atoms with E-state index < -0.39 is 0 Å². The standard InChI is InChI=1S/C12H25NO/c1-4-10(3)9-13(5-2)11-6-7-12(14)8-11/h10-12,14H,4-9H2,1-3H3. The number of rotatable bonds is 5. The molecule has 0 heterocycles. The Bertz CT molecular complexity index is 160. The van der Waals surface area contributed by atoms with Gasteiger partial charge in [0.15, 0.2) is 0 Å². The van der Waals surface area contributed by atoms with Gasteiger partial charge in [-0.15, -0.1) is 0 Å². The van der Waals surface area contributed by atoms with Crippen molar-refractivity contribution in [2.75, 3.05) is 13.1 Å². The average Bonchev–Trinajstić information content (AvgIpc) is 2.60. The minimum absolute atomic E-state index is 0.0361. The molecule has 0 spiro atoms. The lowest BCUT2D eigenvalue weighted by Gasteiger charge is -2.29. The molecule has 1 rings (SSSR count). The van der Waals surface area contributed by atoms with E-state index in [4.69, 9.17) is 0 Å². The minimum Gasteiger partial charge on any atom is -0.393 e. The van der Waals surface area contributed by atoms with Gasteiger partial charge in [0.25, 0.3) is 0 Å². The van der Waals surface area contributed by atoms with E-state index in [-0.39, 0.29) is 6.10 Å². The molecule has 0 aliphatic heterocycles. The lowest BCUT2D eigenvalue weighted by Crippen LogP contribution is -2.36. The lowest BCUT2D eigenvalue weighted by atomic mass is 10.1. The lowest BCUT2D eigenvalue weighted by molar-refractivity contribution is 0.143. The predicted octanol–water partition coefficient (Wildman–Crippen LogP) is 2.27. The maximum atomic E-state index is 9.51. The largest absolute Gasteiger partial charge is 0.393 e. The van der Waals surface area contributed by atoms with Gasteiger partial charge >= 0.3 is 0 Å². The van der Waals surface area contributed by atoms with E-state index >= 15 is 0 Å². The van der Waals surface area contributed by atoms with Crippen LogP contribution in [0.5, 0.6) is 0 Å². The van der Waals surface area contributed by atoms with Gasteiger partial charge in [-0.05, 0) is 31.7 Å². The van der Waals surface area contributed by atoms with Gasteiger partial charge in [-0.1, -0.05) is 27.2 Å². The van der Waals surface area contributed by atoms with Gasteiger partial charge in [0.2, 0.25) is 0 Å². The van der Waals surface area contributed by atoms with Gasteiger partial charge in [0.1, 0.15) is 0 Å². The van der Waals surface area contributed by atoms with Crippen LogP contribution >= 0.6 is 0 Å². The second kappa shape index (κ2) is 5.72. The summed E-state index contributed by atoms with van der Waals surface area (Å²) in [5, 5.41) is 9.51. The number of hydrogen-bond acceptors (Lipinski definition) is 2. The summed E-state index contributed by atoms with van der Waals surface area (Å²) >= 11 is 0. The summed E-state index contributed by atoms with van der Waals surface area (Å²) in [5.41, 5.74) is 0. The molecule has 0 aromatic rings. The topological polar surface area (TPSA) is 23.5 Å². The van der Waals surface area contributed by atoms with Crippen molar-refractivity contribution in [2.24, 2.45) is 5.92 Å². The normalized spacial score (nSPS) is 29.8. The van der Waals surface area contributed by atoms with Gasteiger partial charge < -0.3 is 10.0 Å². The zero-order valence-corrected chi connectivity index (χ0v) is 9.87. The van der Waals surface area contributed by atoms with Crippen molar-refractivity contribution in [2.45, 2.75) is 58.6 Å². The zero-order chi connectivity index (χ0) is 10.6. The van der Waals surface area contributed by atoms with Gasteiger partial charge in [-0.2, -0.15) is 0 Å². The molecule has 3 unspecified atom stereocenters. The molecular formula is C12H25NO. The molecule has 0 bridgehead atoms. The van der Waals surface area contributed by atoms with Crippen LogP contribution in [0.3, 0.4) is 0 Å². The molecule has 84 valence electrons. The van der Waals surface area contributed by atoms with E-state index in [0.717, 1.165) is 25.3 Å². The SMILES string of the molecule is CCC(C)CN(CC)C1CCC(O)C1. The molecule has 14 heavy (non-hydrogen) atoms. The fraction of sp³-hybridized carbons (Fsp3) is 1.00. The molecule has 1 N–H and O–H groups in total. The highest BCUT2D eigenvalue weighted by Gasteiger charge is 2.27. The number of nitrogens with zero attached hydrogens (tertiary/aromatic N) is 1. The first-order valence-corrected chi connectivity index (χ1v) is 6.09. The highest BCUT2D eigenvalue weighted by molar-refractivity contribution is 4.82. The summed E-state index contributed by atoms with van der Waals surface area (Å²) in [6.45, 7) is 9.12. The fourth-order valence-electron chi connectivity index (χ4n) is 2.33. The maximum absolute atomic E-state index is 9.51. The van der Waals surface area contributed by atoms with Crippen molar-refractivity contribution in [3.05, 3.63) is 0 Å². The Morgan fingerprint density at radius 3 is 2.50 bits per heavy atom. The predicted molar refractivity (Wildman–Crippen MR) is 60.3 cm³/mol. The van der Waals surface area contributed by atoms with Crippen molar-refractivity contribution in [3.8, 4) is 0 Å². The third-order valence-electron chi connectivity index (χ3n) is 3.54. The second-order valence-electron chi connectivity index (χ2n) is 4.72. The smallest absolute Gasteiger partial charge is 0.0555 e. The van der Waals surface area contributed by atoms with Gasteiger partial charge in [0.05, 0.1) is 6.10 Å². The molecule has 0 aromatic carbocycles. The first-order chi connectivity index (χ1) is 6.67. The summed E-state index contributed by atoms with van der Waals surface area (Å²) < 4.78 is 0. The van der Waals surface area contributed by atoms with E-state index in [9.17, 15) is 5.11 Å². The molecule has 1 aliphatic carbocycles. The molecule has 0 radical (unpaired) electrons. The average molecular weight is 199 g/mol. The van der Waals surface area contributed by atoms with Crippen LogP contribution < -0.4 is 0 Å². The van der Waals surface area contributed by atoms with Crippen LogP contribution in [-0.4, -0.2) is 35.2 Å². The summed E-state index contributed by atoms with van der Waals surface area (Å²) in [5.74, 6) is 0.785. The van der Waals surface area contributed by atoms with Crippen molar-refractivity contribution in [1.82, 2.24) is 4.90 Å². The van der Waals surface area contributed by atoms with Crippen LogP contribution in [-0.2, 0) is 0 Å². The van der Waals surface area contributed by atoms with Crippen LogP contribution in [0.4, 0.5) is 0 Å². The highest BCUT2D eigenvalue weighted by Crippen LogP contribution is 2.24. The zero-order valence-electron chi connectivity index (χ0n) is 9.87. The monoisotopic (exact) mass is 199 g/mol. The second-order valence-corrected chi connectivity index (χ2v) is 4.72. The van der Waals surface area contributed by atoms with Gasteiger partial charge in [-0.3, -0.25) is 0 Å². The summed E-state index contributed by atoms with van der Waals surface area (Å²) in [6, 6.07) is 0.643. The minimum atomic E-state index is -0.0361. The molecule has 2 heteroatoms. The summed E-state index contributed by atoms with van der Waals surface area (Å²) in [6.07, 6.45) is 4.40. The first-order valence-electron chi connectivity index (χ1n) is 6.09. The summed E-state index contributed by atoms with van der Waals surface area (Å²) in [4.78, 5) is 2.55. The van der Waals surface area contributed by atoms with Crippen LogP contribution in [0, 0.1) is 5.92 Å². The Morgan fingerprint density at radius 2 is 2.07 bits per heavy atom. The number of aliphatic hydroxyl groups excluding tert-OH is 1. The third-order valence-corrected chi connectivity index (χ3v) is 3.54. The van der Waals surface area contributed by atoms with E-state index in [1.807, 2.05) is 0 Å². The fourth-order valence-corrected chi connectivity index (χ4v) is 2.33.